The van der Waals surface area contributed by atoms with Crippen LogP contribution in [0.15, 0.2) is 54.7 Å². The van der Waals surface area contributed by atoms with E-state index in [0.717, 1.165) is 29.8 Å². The van der Waals surface area contributed by atoms with E-state index in [1.165, 1.54) is 30.5 Å². The fourth-order valence-electron chi connectivity index (χ4n) is 2.88. The smallest absolute Gasteiger partial charge is 0.381 e. The number of H-pyrrole nitrogens is 1. The van der Waals surface area contributed by atoms with E-state index < -0.39 is 11.7 Å². The second-order valence-electron chi connectivity index (χ2n) is 6.49. The summed E-state index contributed by atoms with van der Waals surface area (Å²) in [5, 5.41) is 10.3. The number of nitrogens with one attached hydrogen (secondary N) is 2. The summed E-state index contributed by atoms with van der Waals surface area (Å²) in [7, 11) is 0. The monoisotopic (exact) mass is 373 g/mol. The molecule has 0 saturated heterocycles. The first kappa shape index (κ1) is 19.0. The molecule has 0 bridgehead atoms. The van der Waals surface area contributed by atoms with Gasteiger partial charge in [-0.25, -0.2) is 0 Å². The Bertz CT molecular complexity index is 850. The predicted molar refractivity (Wildman–Crippen MR) is 101 cm³/mol. The molecule has 0 aliphatic rings. The van der Waals surface area contributed by atoms with Crippen LogP contribution in [-0.4, -0.2) is 10.2 Å². The average Bonchev–Trinajstić information content (AvgIpc) is 3.13. The molecule has 0 atom stereocenters. The summed E-state index contributed by atoms with van der Waals surface area (Å²) in [6.07, 6.45) is 0.857. The number of aromatic nitrogens is 2. The van der Waals surface area contributed by atoms with E-state index in [-0.39, 0.29) is 0 Å². The van der Waals surface area contributed by atoms with E-state index in [0.29, 0.717) is 17.8 Å². The molecule has 0 unspecified atom stereocenters. The summed E-state index contributed by atoms with van der Waals surface area (Å²) in [6.45, 7) is 2.70. The fraction of sp³-hybridized carbons (Fsp3) is 0.286. The molecule has 0 aliphatic heterocycles. The van der Waals surface area contributed by atoms with Crippen molar-refractivity contribution < 1.29 is 13.2 Å². The van der Waals surface area contributed by atoms with Crippen LogP contribution in [-0.2, 0) is 19.1 Å². The molecule has 3 aromatic rings. The first-order valence-corrected chi connectivity index (χ1v) is 9.00. The van der Waals surface area contributed by atoms with E-state index in [1.807, 2.05) is 12.1 Å². The molecule has 1 aromatic heterocycles. The minimum Gasteiger partial charge on any atom is -0.381 e. The number of aromatic amines is 1. The molecule has 0 aliphatic carbocycles. The largest absolute Gasteiger partial charge is 0.416 e. The highest BCUT2D eigenvalue weighted by Gasteiger charge is 2.30. The van der Waals surface area contributed by atoms with Gasteiger partial charge in [0, 0.05) is 29.6 Å². The maximum atomic E-state index is 12.7. The normalized spacial score (nSPS) is 11.6. The van der Waals surface area contributed by atoms with Crippen molar-refractivity contribution in [3.8, 4) is 11.3 Å². The molecule has 0 fully saturated rings. The van der Waals surface area contributed by atoms with Crippen LogP contribution in [0.1, 0.15) is 36.5 Å². The van der Waals surface area contributed by atoms with Crippen molar-refractivity contribution >= 4 is 5.69 Å². The third-order valence-corrected chi connectivity index (χ3v) is 4.46. The average molecular weight is 373 g/mol. The Morgan fingerprint density at radius 1 is 1.00 bits per heavy atom. The molecule has 0 saturated carbocycles. The van der Waals surface area contributed by atoms with E-state index in [4.69, 9.17) is 0 Å². The Kier molecular flexibility index (Phi) is 5.84. The molecular weight excluding hydrogens is 351 g/mol. The van der Waals surface area contributed by atoms with Crippen LogP contribution in [0.25, 0.3) is 11.3 Å². The molecule has 27 heavy (non-hydrogen) atoms. The van der Waals surface area contributed by atoms with Crippen molar-refractivity contribution in [2.75, 3.05) is 5.32 Å². The van der Waals surface area contributed by atoms with Crippen LogP contribution >= 0.6 is 0 Å². The maximum Gasteiger partial charge on any atom is 0.416 e. The zero-order valence-electron chi connectivity index (χ0n) is 15.1. The van der Waals surface area contributed by atoms with Gasteiger partial charge >= 0.3 is 6.18 Å². The molecule has 142 valence electrons. The van der Waals surface area contributed by atoms with Gasteiger partial charge in [0.2, 0.25) is 0 Å². The number of halogens is 3. The van der Waals surface area contributed by atoms with Gasteiger partial charge < -0.3 is 5.32 Å². The Balaban J connectivity index is 1.67. The second kappa shape index (κ2) is 8.29. The summed E-state index contributed by atoms with van der Waals surface area (Å²) in [6, 6.07) is 13.4. The van der Waals surface area contributed by atoms with Crippen LogP contribution in [0.4, 0.5) is 18.9 Å². The summed E-state index contributed by atoms with van der Waals surface area (Å²) in [5.74, 6) is 0. The zero-order valence-corrected chi connectivity index (χ0v) is 15.1. The van der Waals surface area contributed by atoms with Gasteiger partial charge in [-0.3, -0.25) is 5.10 Å². The number of anilines is 1. The summed E-state index contributed by atoms with van der Waals surface area (Å²) < 4.78 is 38.1. The number of hydrogen-bond donors (Lipinski definition) is 2. The number of aryl methyl sites for hydroxylation is 1. The van der Waals surface area contributed by atoms with Crippen molar-refractivity contribution in [2.24, 2.45) is 0 Å². The first-order valence-electron chi connectivity index (χ1n) is 9.00. The number of alkyl halides is 3. The summed E-state index contributed by atoms with van der Waals surface area (Å²) in [4.78, 5) is 0. The van der Waals surface area contributed by atoms with Crippen LogP contribution in [0.2, 0.25) is 0 Å². The quantitative estimate of drug-likeness (QED) is 0.529. The van der Waals surface area contributed by atoms with E-state index in [1.54, 1.807) is 6.20 Å². The van der Waals surface area contributed by atoms with Crippen molar-refractivity contribution in [1.82, 2.24) is 10.2 Å². The highest BCUT2D eigenvalue weighted by atomic mass is 19.4. The Labute approximate surface area is 156 Å². The molecule has 0 spiro atoms. The Morgan fingerprint density at radius 3 is 2.33 bits per heavy atom. The molecule has 3 nitrogen and oxygen atoms in total. The number of rotatable bonds is 7. The molecule has 2 N–H and O–H groups in total. The van der Waals surface area contributed by atoms with Gasteiger partial charge in [0.1, 0.15) is 0 Å². The third-order valence-electron chi connectivity index (χ3n) is 4.46. The SMILES string of the molecule is CCCCc1ccc(NCc2c[nH]nc2-c2ccc(C(F)(F)F)cc2)cc1. The van der Waals surface area contributed by atoms with Crippen molar-refractivity contribution in [2.45, 2.75) is 38.9 Å². The molecule has 1 heterocycles. The Morgan fingerprint density at radius 2 is 1.70 bits per heavy atom. The number of hydrogen-bond acceptors (Lipinski definition) is 2. The predicted octanol–water partition coefficient (Wildman–Crippen LogP) is 6.05. The molecule has 3 rings (SSSR count). The third kappa shape index (κ3) is 4.90. The standard InChI is InChI=1S/C21H22F3N3/c1-2-3-4-15-5-11-19(12-6-15)25-13-17-14-26-27-20(17)16-7-9-18(10-8-16)21(22,23)24/h5-12,14,25H,2-4,13H2,1H3,(H,26,27). The summed E-state index contributed by atoms with van der Waals surface area (Å²) in [5.41, 5.74) is 3.84. The molecule has 6 heteroatoms. The summed E-state index contributed by atoms with van der Waals surface area (Å²) >= 11 is 0. The first-order chi connectivity index (χ1) is 13.0. The van der Waals surface area contributed by atoms with Gasteiger partial charge in [0.05, 0.1) is 11.3 Å². The lowest BCUT2D eigenvalue weighted by atomic mass is 10.1. The molecular formula is C21H22F3N3. The molecule has 2 aromatic carbocycles. The fourth-order valence-corrected chi connectivity index (χ4v) is 2.88. The topological polar surface area (TPSA) is 40.7 Å². The van der Waals surface area contributed by atoms with Gasteiger partial charge in [-0.15, -0.1) is 0 Å². The van der Waals surface area contributed by atoms with Gasteiger partial charge in [0.25, 0.3) is 0 Å². The van der Waals surface area contributed by atoms with Crippen molar-refractivity contribution in [1.29, 1.82) is 0 Å². The minimum atomic E-state index is -4.34. The number of nitrogens with zero attached hydrogens (tertiary/aromatic N) is 1. The minimum absolute atomic E-state index is 0.529. The van der Waals surface area contributed by atoms with Gasteiger partial charge in [-0.2, -0.15) is 18.3 Å². The van der Waals surface area contributed by atoms with Crippen LogP contribution < -0.4 is 5.32 Å². The van der Waals surface area contributed by atoms with E-state index in [9.17, 15) is 13.2 Å². The van der Waals surface area contributed by atoms with Crippen molar-refractivity contribution in [3.05, 3.63) is 71.4 Å². The van der Waals surface area contributed by atoms with Crippen LogP contribution in [0.3, 0.4) is 0 Å². The lowest BCUT2D eigenvalue weighted by Gasteiger charge is -2.09. The van der Waals surface area contributed by atoms with Crippen molar-refractivity contribution in [3.63, 3.8) is 0 Å². The zero-order chi connectivity index (χ0) is 19.3. The molecule has 0 amide bonds. The van der Waals surface area contributed by atoms with Crippen LogP contribution in [0.5, 0.6) is 0 Å². The number of benzene rings is 2. The highest BCUT2D eigenvalue weighted by Crippen LogP contribution is 2.31. The van der Waals surface area contributed by atoms with Gasteiger partial charge in [-0.1, -0.05) is 37.6 Å². The maximum absolute atomic E-state index is 12.7. The van der Waals surface area contributed by atoms with Gasteiger partial charge in [-0.05, 0) is 42.7 Å². The lowest BCUT2D eigenvalue weighted by molar-refractivity contribution is -0.137. The Hall–Kier alpha value is -2.76. The van der Waals surface area contributed by atoms with E-state index in [2.05, 4.69) is 34.6 Å². The second-order valence-corrected chi connectivity index (χ2v) is 6.49. The molecule has 0 radical (unpaired) electrons. The lowest BCUT2D eigenvalue weighted by Crippen LogP contribution is -2.04. The van der Waals surface area contributed by atoms with E-state index >= 15 is 0 Å². The highest BCUT2D eigenvalue weighted by molar-refractivity contribution is 5.63. The van der Waals surface area contributed by atoms with Crippen LogP contribution in [0, 0.1) is 0 Å². The number of unbranched alkanes of at least 4 members (excludes halogenated alkanes) is 1. The van der Waals surface area contributed by atoms with Gasteiger partial charge in [0.15, 0.2) is 0 Å².